The van der Waals surface area contributed by atoms with E-state index in [0.29, 0.717) is 22.5 Å². The van der Waals surface area contributed by atoms with Gasteiger partial charge in [-0.1, -0.05) is 42.5 Å². The van der Waals surface area contributed by atoms with Crippen LogP contribution in [0.25, 0.3) is 11.1 Å². The van der Waals surface area contributed by atoms with Crippen LogP contribution in [0.15, 0.2) is 47.9 Å². The minimum Gasteiger partial charge on any atom is -0.481 e. The van der Waals surface area contributed by atoms with Crippen LogP contribution in [0.3, 0.4) is 0 Å². The second-order valence-electron chi connectivity index (χ2n) is 7.27. The number of carboxylic acids is 1. The normalized spacial score (nSPS) is 24.4. The third-order valence-electron chi connectivity index (χ3n) is 5.64. The van der Waals surface area contributed by atoms with E-state index in [1.54, 1.807) is 6.92 Å². The van der Waals surface area contributed by atoms with Gasteiger partial charge in [-0.25, -0.2) is 4.79 Å². The van der Waals surface area contributed by atoms with E-state index < -0.39 is 23.8 Å². The summed E-state index contributed by atoms with van der Waals surface area (Å²) in [4.78, 5) is 37.4. The summed E-state index contributed by atoms with van der Waals surface area (Å²) in [6, 6.07) is 9.41. The lowest BCUT2D eigenvalue weighted by Crippen LogP contribution is -2.36. The molecule has 2 bridgehead atoms. The second kappa shape index (κ2) is 7.83. The number of amides is 1. The molecule has 29 heavy (non-hydrogen) atoms. The molecule has 1 amide bonds. The zero-order valence-electron chi connectivity index (χ0n) is 15.8. The molecule has 1 aromatic heterocycles. The van der Waals surface area contributed by atoms with Crippen molar-refractivity contribution < 1.29 is 24.2 Å². The number of nitrogens with one attached hydrogen (secondary N) is 1. The molecule has 4 rings (SSSR count). The predicted molar refractivity (Wildman–Crippen MR) is 110 cm³/mol. The Balaban J connectivity index is 1.66. The quantitative estimate of drug-likeness (QED) is 0.553. The topological polar surface area (TPSA) is 92.7 Å². The molecule has 7 heteroatoms. The minimum absolute atomic E-state index is 0.0827. The average Bonchev–Trinajstić information content (AvgIpc) is 3.43. The minimum atomic E-state index is -0.955. The summed E-state index contributed by atoms with van der Waals surface area (Å²) in [7, 11) is 0. The van der Waals surface area contributed by atoms with Crippen LogP contribution in [0.4, 0.5) is 5.00 Å². The van der Waals surface area contributed by atoms with Gasteiger partial charge in [0.15, 0.2) is 0 Å². The first-order valence-electron chi connectivity index (χ1n) is 9.57. The molecule has 1 aromatic carbocycles. The lowest BCUT2D eigenvalue weighted by atomic mass is 9.82. The van der Waals surface area contributed by atoms with Crippen molar-refractivity contribution in [3.8, 4) is 11.1 Å². The molecule has 1 heterocycles. The zero-order valence-corrected chi connectivity index (χ0v) is 16.6. The van der Waals surface area contributed by atoms with Crippen molar-refractivity contribution in [3.63, 3.8) is 0 Å². The number of aliphatic carboxylic acids is 1. The SMILES string of the molecule is CCOC(=O)c1c(-c2ccccc2)csc1NC(=O)C1C2C=CC(C2)C1C(=O)O. The van der Waals surface area contributed by atoms with Gasteiger partial charge in [0, 0.05) is 10.9 Å². The Hall–Kier alpha value is -2.93. The highest BCUT2D eigenvalue weighted by Crippen LogP contribution is 2.49. The number of anilines is 1. The van der Waals surface area contributed by atoms with Crippen LogP contribution in [0.2, 0.25) is 0 Å². The highest BCUT2D eigenvalue weighted by Gasteiger charge is 2.51. The van der Waals surface area contributed by atoms with Crippen molar-refractivity contribution in [2.45, 2.75) is 13.3 Å². The van der Waals surface area contributed by atoms with Gasteiger partial charge in [0.1, 0.15) is 10.6 Å². The van der Waals surface area contributed by atoms with Gasteiger partial charge in [-0.15, -0.1) is 11.3 Å². The van der Waals surface area contributed by atoms with Crippen LogP contribution < -0.4 is 5.32 Å². The average molecular weight is 411 g/mol. The smallest absolute Gasteiger partial charge is 0.341 e. The molecule has 2 aliphatic rings. The number of carbonyl (C=O) groups excluding carboxylic acids is 2. The zero-order chi connectivity index (χ0) is 20.5. The van der Waals surface area contributed by atoms with E-state index in [1.807, 2.05) is 47.9 Å². The fraction of sp³-hybridized carbons (Fsp3) is 0.318. The number of hydrogen-bond acceptors (Lipinski definition) is 5. The van der Waals surface area contributed by atoms with Crippen molar-refractivity contribution >= 4 is 34.2 Å². The van der Waals surface area contributed by atoms with Crippen LogP contribution in [0, 0.1) is 23.7 Å². The van der Waals surface area contributed by atoms with Crippen molar-refractivity contribution in [1.29, 1.82) is 0 Å². The second-order valence-corrected chi connectivity index (χ2v) is 8.15. The van der Waals surface area contributed by atoms with Crippen molar-refractivity contribution in [3.05, 3.63) is 53.4 Å². The third-order valence-corrected chi connectivity index (χ3v) is 6.53. The molecular formula is C22H21NO5S. The number of hydrogen-bond donors (Lipinski definition) is 2. The van der Waals surface area contributed by atoms with E-state index in [1.165, 1.54) is 11.3 Å². The molecule has 2 aromatic rings. The Morgan fingerprint density at radius 2 is 1.83 bits per heavy atom. The van der Waals surface area contributed by atoms with Gasteiger partial charge in [0.25, 0.3) is 0 Å². The van der Waals surface area contributed by atoms with E-state index in [2.05, 4.69) is 5.32 Å². The highest BCUT2D eigenvalue weighted by atomic mass is 32.1. The Bertz CT molecular complexity index is 980. The molecule has 6 nitrogen and oxygen atoms in total. The van der Waals surface area contributed by atoms with Crippen molar-refractivity contribution in [2.75, 3.05) is 11.9 Å². The maximum atomic E-state index is 13.0. The van der Waals surface area contributed by atoms with Crippen LogP contribution in [-0.2, 0) is 14.3 Å². The van der Waals surface area contributed by atoms with Gasteiger partial charge in [0.05, 0.1) is 18.4 Å². The summed E-state index contributed by atoms with van der Waals surface area (Å²) < 4.78 is 5.22. The van der Waals surface area contributed by atoms with Gasteiger partial charge < -0.3 is 15.2 Å². The Morgan fingerprint density at radius 3 is 2.48 bits per heavy atom. The van der Waals surface area contributed by atoms with Crippen LogP contribution in [-0.4, -0.2) is 29.6 Å². The maximum absolute atomic E-state index is 13.0. The maximum Gasteiger partial charge on any atom is 0.341 e. The first-order chi connectivity index (χ1) is 14.0. The number of fused-ring (bicyclic) bond motifs is 2. The fourth-order valence-electron chi connectivity index (χ4n) is 4.40. The lowest BCUT2D eigenvalue weighted by Gasteiger charge is -2.23. The number of carbonyl (C=O) groups is 3. The van der Waals surface area contributed by atoms with E-state index in [0.717, 1.165) is 5.56 Å². The Kier molecular flexibility index (Phi) is 5.24. The summed E-state index contributed by atoms with van der Waals surface area (Å²) in [5.41, 5.74) is 1.84. The number of carboxylic acid groups (broad SMARTS) is 1. The van der Waals surface area contributed by atoms with Gasteiger partial charge in [0.2, 0.25) is 5.91 Å². The summed E-state index contributed by atoms with van der Waals surface area (Å²) in [5.74, 6) is -3.39. The molecule has 2 N–H and O–H groups in total. The Morgan fingerprint density at radius 1 is 1.14 bits per heavy atom. The summed E-state index contributed by atoms with van der Waals surface area (Å²) >= 11 is 1.24. The molecular weight excluding hydrogens is 390 g/mol. The monoisotopic (exact) mass is 411 g/mol. The summed E-state index contributed by atoms with van der Waals surface area (Å²) in [6.07, 6.45) is 4.51. The predicted octanol–water partition coefficient (Wildman–Crippen LogP) is 4.05. The molecule has 4 atom stereocenters. The summed E-state index contributed by atoms with van der Waals surface area (Å²) in [5, 5.41) is 14.6. The number of ether oxygens (including phenoxy) is 1. The molecule has 0 spiro atoms. The molecule has 0 radical (unpaired) electrons. The van der Waals surface area contributed by atoms with E-state index in [4.69, 9.17) is 4.74 Å². The summed E-state index contributed by atoms with van der Waals surface area (Å²) in [6.45, 7) is 1.94. The molecule has 2 aliphatic carbocycles. The van der Waals surface area contributed by atoms with Gasteiger partial charge >= 0.3 is 11.9 Å². The van der Waals surface area contributed by atoms with Crippen molar-refractivity contribution in [2.24, 2.45) is 23.7 Å². The van der Waals surface area contributed by atoms with Gasteiger partial charge in [-0.2, -0.15) is 0 Å². The van der Waals surface area contributed by atoms with Crippen LogP contribution in [0.5, 0.6) is 0 Å². The highest BCUT2D eigenvalue weighted by molar-refractivity contribution is 7.15. The number of esters is 1. The largest absolute Gasteiger partial charge is 0.481 e. The molecule has 0 saturated heterocycles. The van der Waals surface area contributed by atoms with Crippen molar-refractivity contribution in [1.82, 2.24) is 0 Å². The molecule has 1 fully saturated rings. The van der Waals surface area contributed by atoms with Gasteiger partial charge in [-0.3, -0.25) is 9.59 Å². The molecule has 0 aliphatic heterocycles. The number of benzene rings is 1. The first kappa shape index (κ1) is 19.4. The molecule has 4 unspecified atom stereocenters. The number of rotatable bonds is 6. The third kappa shape index (κ3) is 3.46. The first-order valence-corrected chi connectivity index (χ1v) is 10.4. The standard InChI is InChI=1S/C22H21NO5S/c1-2-28-22(27)18-15(12-6-4-3-5-7-12)11-29-20(18)23-19(24)16-13-8-9-14(10-13)17(16)21(25)26/h3-9,11,13-14,16-17H,2,10H2,1H3,(H,23,24)(H,25,26). The van der Waals surface area contributed by atoms with E-state index in [9.17, 15) is 19.5 Å². The van der Waals surface area contributed by atoms with E-state index in [-0.39, 0.29) is 24.3 Å². The fourth-order valence-corrected chi connectivity index (χ4v) is 5.36. The van der Waals surface area contributed by atoms with Gasteiger partial charge in [-0.05, 0) is 30.7 Å². The number of thiophene rings is 1. The van der Waals surface area contributed by atoms with Crippen LogP contribution >= 0.6 is 11.3 Å². The van der Waals surface area contributed by atoms with E-state index >= 15 is 0 Å². The Labute approximate surface area is 172 Å². The number of allylic oxidation sites excluding steroid dienone is 2. The molecule has 150 valence electrons. The molecule has 1 saturated carbocycles. The van der Waals surface area contributed by atoms with Crippen LogP contribution in [0.1, 0.15) is 23.7 Å². The lowest BCUT2D eigenvalue weighted by molar-refractivity contribution is -0.146.